The minimum Gasteiger partial charge on any atom is -0.358 e. The molecule has 4 rings (SSSR count). The van der Waals surface area contributed by atoms with E-state index in [1.165, 1.54) is 0 Å². The van der Waals surface area contributed by atoms with Gasteiger partial charge in [-0.3, -0.25) is 9.36 Å². The van der Waals surface area contributed by atoms with Gasteiger partial charge in [0.2, 0.25) is 5.95 Å². The van der Waals surface area contributed by atoms with E-state index in [1.54, 1.807) is 29.5 Å². The highest BCUT2D eigenvalue weighted by Crippen LogP contribution is 2.27. The molecule has 0 bridgehead atoms. The summed E-state index contributed by atoms with van der Waals surface area (Å²) in [6.07, 6.45) is 11.1. The molecule has 0 radical (unpaired) electrons. The number of H-pyrrole nitrogens is 1. The van der Waals surface area contributed by atoms with E-state index >= 15 is 0 Å². The standard InChI is InChI=1S/C18H19N7O/c19-7-5-12-1-3-13(4-2-12)22-17(26)16-15-14(6-8-21-15)23-18(24-16)25-10-9-20-11-25/h6,8-13,21H,1-5H2,(H,22,26)/t12-,13-. The van der Waals surface area contributed by atoms with E-state index in [2.05, 4.69) is 31.3 Å². The maximum absolute atomic E-state index is 12.9. The average molecular weight is 349 g/mol. The molecule has 0 atom stereocenters. The van der Waals surface area contributed by atoms with E-state index in [1.807, 2.05) is 6.07 Å². The Kier molecular flexibility index (Phi) is 4.35. The first-order valence-corrected chi connectivity index (χ1v) is 8.76. The second-order valence-corrected chi connectivity index (χ2v) is 6.63. The van der Waals surface area contributed by atoms with E-state index in [4.69, 9.17) is 5.26 Å². The van der Waals surface area contributed by atoms with Crippen LogP contribution in [0.25, 0.3) is 17.0 Å². The van der Waals surface area contributed by atoms with Crippen molar-refractivity contribution in [2.75, 3.05) is 0 Å². The molecular formula is C18H19N7O. The van der Waals surface area contributed by atoms with Gasteiger partial charge in [0.25, 0.3) is 5.91 Å². The van der Waals surface area contributed by atoms with Crippen LogP contribution in [0, 0.1) is 17.2 Å². The van der Waals surface area contributed by atoms with Gasteiger partial charge in [-0.05, 0) is 37.7 Å². The summed E-state index contributed by atoms with van der Waals surface area (Å²) in [5.41, 5.74) is 1.65. The zero-order valence-electron chi connectivity index (χ0n) is 14.2. The highest BCUT2D eigenvalue weighted by Gasteiger charge is 2.24. The minimum absolute atomic E-state index is 0.120. The number of amides is 1. The van der Waals surface area contributed by atoms with Crippen LogP contribution in [0.15, 0.2) is 31.0 Å². The van der Waals surface area contributed by atoms with Crippen molar-refractivity contribution in [3.8, 4) is 12.0 Å². The van der Waals surface area contributed by atoms with Crippen molar-refractivity contribution in [2.45, 2.75) is 38.1 Å². The number of hydrogen-bond donors (Lipinski definition) is 2. The first kappa shape index (κ1) is 16.3. The van der Waals surface area contributed by atoms with Gasteiger partial charge in [0.15, 0.2) is 5.69 Å². The summed E-state index contributed by atoms with van der Waals surface area (Å²) in [4.78, 5) is 28.8. The van der Waals surface area contributed by atoms with Crippen molar-refractivity contribution in [3.05, 3.63) is 36.7 Å². The number of nitrogens with zero attached hydrogens (tertiary/aromatic N) is 5. The molecule has 2 N–H and O–H groups in total. The number of fused-ring (bicyclic) bond motifs is 1. The van der Waals surface area contributed by atoms with Gasteiger partial charge < -0.3 is 10.3 Å². The van der Waals surface area contributed by atoms with Gasteiger partial charge in [0.05, 0.1) is 17.1 Å². The van der Waals surface area contributed by atoms with Crippen molar-refractivity contribution in [3.63, 3.8) is 0 Å². The van der Waals surface area contributed by atoms with Crippen LogP contribution in [0.5, 0.6) is 0 Å². The zero-order valence-corrected chi connectivity index (χ0v) is 14.2. The molecule has 3 heterocycles. The molecule has 1 aliphatic rings. The fourth-order valence-electron chi connectivity index (χ4n) is 3.48. The molecule has 8 heteroatoms. The predicted octanol–water partition coefficient (Wildman–Crippen LogP) is 2.35. The molecule has 0 aromatic carbocycles. The largest absolute Gasteiger partial charge is 0.358 e. The zero-order chi connectivity index (χ0) is 17.9. The van der Waals surface area contributed by atoms with Crippen LogP contribution >= 0.6 is 0 Å². The molecule has 8 nitrogen and oxygen atoms in total. The summed E-state index contributed by atoms with van der Waals surface area (Å²) in [5, 5.41) is 11.9. The van der Waals surface area contributed by atoms with Crippen LogP contribution in [-0.2, 0) is 0 Å². The Morgan fingerprint density at radius 1 is 1.35 bits per heavy atom. The van der Waals surface area contributed by atoms with E-state index < -0.39 is 0 Å². The molecule has 3 aromatic heterocycles. The number of rotatable bonds is 4. The molecule has 0 unspecified atom stereocenters. The minimum atomic E-state index is -0.204. The summed E-state index contributed by atoms with van der Waals surface area (Å²) in [7, 11) is 0. The molecule has 1 fully saturated rings. The molecule has 0 spiro atoms. The van der Waals surface area contributed by atoms with E-state index in [9.17, 15) is 4.79 Å². The maximum atomic E-state index is 12.9. The van der Waals surface area contributed by atoms with Gasteiger partial charge in [-0.2, -0.15) is 5.26 Å². The molecule has 0 saturated heterocycles. The Hall–Kier alpha value is -3.21. The number of aromatic nitrogens is 5. The summed E-state index contributed by atoms with van der Waals surface area (Å²) in [6.45, 7) is 0. The fourth-order valence-corrected chi connectivity index (χ4v) is 3.48. The summed E-state index contributed by atoms with van der Waals surface area (Å²) in [5.74, 6) is 0.664. The fraction of sp³-hybridized carbons (Fsp3) is 0.389. The topological polar surface area (TPSA) is 112 Å². The Balaban J connectivity index is 1.55. The summed E-state index contributed by atoms with van der Waals surface area (Å²) in [6, 6.07) is 4.18. The van der Waals surface area contributed by atoms with Crippen molar-refractivity contribution in [1.82, 2.24) is 29.8 Å². The Morgan fingerprint density at radius 2 is 2.19 bits per heavy atom. The third-order valence-corrected chi connectivity index (χ3v) is 4.91. The van der Waals surface area contributed by atoms with Crippen LogP contribution in [-0.4, -0.2) is 36.5 Å². The average Bonchev–Trinajstić information content (AvgIpc) is 3.34. The molecule has 0 aliphatic heterocycles. The Morgan fingerprint density at radius 3 is 2.92 bits per heavy atom. The van der Waals surface area contributed by atoms with Crippen molar-refractivity contribution in [1.29, 1.82) is 5.26 Å². The molecule has 132 valence electrons. The van der Waals surface area contributed by atoms with Gasteiger partial charge in [0.1, 0.15) is 6.33 Å². The van der Waals surface area contributed by atoms with Crippen LogP contribution in [0.1, 0.15) is 42.6 Å². The number of imidazole rings is 1. The molecule has 1 amide bonds. The molecule has 1 saturated carbocycles. The predicted molar refractivity (Wildman–Crippen MR) is 94.5 cm³/mol. The number of nitrogens with one attached hydrogen (secondary N) is 2. The third-order valence-electron chi connectivity index (χ3n) is 4.91. The second-order valence-electron chi connectivity index (χ2n) is 6.63. The van der Waals surface area contributed by atoms with Gasteiger partial charge in [0, 0.05) is 31.1 Å². The SMILES string of the molecule is N#CC[C@H]1CC[C@H](NC(=O)c2nc(-n3ccnc3)nc3cc[nH]c23)CC1. The number of aromatic amines is 1. The maximum Gasteiger partial charge on any atom is 0.272 e. The van der Waals surface area contributed by atoms with Crippen LogP contribution < -0.4 is 5.32 Å². The van der Waals surface area contributed by atoms with Gasteiger partial charge in [-0.1, -0.05) is 0 Å². The van der Waals surface area contributed by atoms with Crippen molar-refractivity contribution >= 4 is 16.9 Å². The van der Waals surface area contributed by atoms with Crippen LogP contribution in [0.3, 0.4) is 0 Å². The lowest BCUT2D eigenvalue weighted by molar-refractivity contribution is 0.0918. The highest BCUT2D eigenvalue weighted by molar-refractivity contribution is 6.03. The van der Waals surface area contributed by atoms with E-state index in [0.29, 0.717) is 35.0 Å². The summed E-state index contributed by atoms with van der Waals surface area (Å²) < 4.78 is 1.68. The van der Waals surface area contributed by atoms with E-state index in [0.717, 1.165) is 25.7 Å². The first-order chi connectivity index (χ1) is 12.7. The first-order valence-electron chi connectivity index (χ1n) is 8.76. The molecule has 26 heavy (non-hydrogen) atoms. The smallest absolute Gasteiger partial charge is 0.272 e. The van der Waals surface area contributed by atoms with E-state index in [-0.39, 0.29) is 11.9 Å². The van der Waals surface area contributed by atoms with Gasteiger partial charge in [-0.25, -0.2) is 15.0 Å². The lowest BCUT2D eigenvalue weighted by atomic mass is 9.84. The third kappa shape index (κ3) is 3.16. The summed E-state index contributed by atoms with van der Waals surface area (Å²) >= 11 is 0. The van der Waals surface area contributed by atoms with Crippen molar-refractivity contribution in [2.24, 2.45) is 5.92 Å². The molecular weight excluding hydrogens is 330 g/mol. The molecule has 1 aliphatic carbocycles. The number of carbonyl (C=O) groups is 1. The second kappa shape index (κ2) is 6.96. The molecule has 3 aromatic rings. The Bertz CT molecular complexity index is 946. The van der Waals surface area contributed by atoms with Gasteiger partial charge in [-0.15, -0.1) is 0 Å². The monoisotopic (exact) mass is 349 g/mol. The van der Waals surface area contributed by atoms with Gasteiger partial charge >= 0.3 is 0 Å². The lowest BCUT2D eigenvalue weighted by Gasteiger charge is -2.27. The highest BCUT2D eigenvalue weighted by atomic mass is 16.2. The number of carbonyl (C=O) groups excluding carboxylic acids is 1. The Labute approximate surface area is 150 Å². The lowest BCUT2D eigenvalue weighted by Crippen LogP contribution is -2.38. The quantitative estimate of drug-likeness (QED) is 0.751. The van der Waals surface area contributed by atoms with Crippen LogP contribution in [0.2, 0.25) is 0 Å². The normalized spacial score (nSPS) is 20.0. The number of hydrogen-bond acceptors (Lipinski definition) is 5. The number of nitriles is 1. The van der Waals surface area contributed by atoms with Crippen LogP contribution in [0.4, 0.5) is 0 Å². The van der Waals surface area contributed by atoms with Crippen molar-refractivity contribution < 1.29 is 4.79 Å².